The van der Waals surface area contributed by atoms with Crippen molar-refractivity contribution in [2.75, 3.05) is 49.9 Å². The van der Waals surface area contributed by atoms with Crippen molar-refractivity contribution in [2.45, 2.75) is 44.6 Å². The van der Waals surface area contributed by atoms with E-state index in [0.717, 1.165) is 70.9 Å². The molecule has 0 spiro atoms. The van der Waals surface area contributed by atoms with E-state index in [1.54, 1.807) is 12.3 Å². The van der Waals surface area contributed by atoms with Crippen LogP contribution in [0.4, 0.5) is 11.8 Å². The van der Waals surface area contributed by atoms with Gasteiger partial charge in [0.25, 0.3) is 0 Å². The molecule has 4 heterocycles. The topological polar surface area (TPSA) is 78.6 Å². The molecule has 0 bridgehead atoms. The maximum Gasteiger partial charge on any atom is 0.227 e. The largest absolute Gasteiger partial charge is 0.384 e. The minimum Gasteiger partial charge on any atom is -0.384 e. The SMILES string of the molecule is Nc1ccnc(N2CCC(N3CCC[C@H](C(=O)N4CCCC4)C3)CC2)n1. The van der Waals surface area contributed by atoms with Gasteiger partial charge in [0.1, 0.15) is 5.82 Å². The van der Waals surface area contributed by atoms with E-state index >= 15 is 0 Å². The van der Waals surface area contributed by atoms with Crippen molar-refractivity contribution in [1.29, 1.82) is 0 Å². The van der Waals surface area contributed by atoms with Crippen LogP contribution in [0.15, 0.2) is 12.3 Å². The van der Waals surface area contributed by atoms with Gasteiger partial charge in [-0.25, -0.2) is 4.98 Å². The maximum atomic E-state index is 12.8. The number of hydrogen-bond donors (Lipinski definition) is 1. The Hall–Kier alpha value is -1.89. The first-order valence-corrected chi connectivity index (χ1v) is 10.1. The highest BCUT2D eigenvalue weighted by molar-refractivity contribution is 5.79. The molecule has 0 radical (unpaired) electrons. The van der Waals surface area contributed by atoms with E-state index in [1.165, 1.54) is 12.8 Å². The molecule has 3 fully saturated rings. The first kappa shape index (κ1) is 17.5. The quantitative estimate of drug-likeness (QED) is 0.879. The number of carbonyl (C=O) groups is 1. The Morgan fingerprint density at radius 2 is 1.81 bits per heavy atom. The summed E-state index contributed by atoms with van der Waals surface area (Å²) >= 11 is 0. The lowest BCUT2D eigenvalue weighted by Crippen LogP contribution is -2.51. The van der Waals surface area contributed by atoms with Crippen molar-refractivity contribution in [3.8, 4) is 0 Å². The van der Waals surface area contributed by atoms with Crippen molar-refractivity contribution in [2.24, 2.45) is 5.92 Å². The highest BCUT2D eigenvalue weighted by Gasteiger charge is 2.34. The number of anilines is 2. The summed E-state index contributed by atoms with van der Waals surface area (Å²) in [4.78, 5) is 28.3. The van der Waals surface area contributed by atoms with Gasteiger partial charge in [-0.2, -0.15) is 4.98 Å². The molecule has 4 rings (SSSR count). The number of aromatic nitrogens is 2. The van der Waals surface area contributed by atoms with Crippen LogP contribution in [0.3, 0.4) is 0 Å². The van der Waals surface area contributed by atoms with Crippen molar-refractivity contribution >= 4 is 17.7 Å². The summed E-state index contributed by atoms with van der Waals surface area (Å²) < 4.78 is 0. The van der Waals surface area contributed by atoms with Crippen molar-refractivity contribution < 1.29 is 4.79 Å². The first-order chi connectivity index (χ1) is 12.7. The first-order valence-electron chi connectivity index (χ1n) is 10.1. The summed E-state index contributed by atoms with van der Waals surface area (Å²) in [6, 6.07) is 2.29. The van der Waals surface area contributed by atoms with Crippen molar-refractivity contribution in [3.05, 3.63) is 12.3 Å². The minimum atomic E-state index is 0.206. The third-order valence-electron chi connectivity index (χ3n) is 6.15. The van der Waals surface area contributed by atoms with Gasteiger partial charge < -0.3 is 15.5 Å². The maximum absolute atomic E-state index is 12.8. The van der Waals surface area contributed by atoms with E-state index in [2.05, 4.69) is 24.7 Å². The van der Waals surface area contributed by atoms with Gasteiger partial charge in [0.05, 0.1) is 5.92 Å². The van der Waals surface area contributed by atoms with Gasteiger partial charge in [-0.3, -0.25) is 9.69 Å². The molecule has 1 atom stereocenters. The Bertz CT molecular complexity index is 624. The predicted octanol–water partition coefficient (Wildman–Crippen LogP) is 1.36. The van der Waals surface area contributed by atoms with Gasteiger partial charge in [-0.1, -0.05) is 0 Å². The van der Waals surface area contributed by atoms with E-state index in [9.17, 15) is 4.79 Å². The second-order valence-corrected chi connectivity index (χ2v) is 7.87. The zero-order valence-electron chi connectivity index (χ0n) is 15.5. The molecule has 3 saturated heterocycles. The summed E-state index contributed by atoms with van der Waals surface area (Å²) in [5.41, 5.74) is 5.78. The molecule has 1 aromatic rings. The fourth-order valence-electron chi connectivity index (χ4n) is 4.68. The standard InChI is InChI=1S/C19H30N6O/c20-17-5-8-21-19(22-17)24-12-6-16(7-13-24)25-11-3-4-15(14-25)18(26)23-9-1-2-10-23/h5,8,15-16H,1-4,6-7,9-14H2,(H2,20,21,22)/t15-/m0/s1. The Labute approximate surface area is 155 Å². The molecule has 3 aliphatic rings. The van der Waals surface area contributed by atoms with Crippen LogP contribution in [0.2, 0.25) is 0 Å². The minimum absolute atomic E-state index is 0.206. The Kier molecular flexibility index (Phi) is 5.24. The number of nitrogens with two attached hydrogens (primary N) is 1. The average molecular weight is 358 g/mol. The second kappa shape index (κ2) is 7.78. The third kappa shape index (κ3) is 3.77. The fourth-order valence-corrected chi connectivity index (χ4v) is 4.68. The van der Waals surface area contributed by atoms with Crippen LogP contribution >= 0.6 is 0 Å². The Balaban J connectivity index is 1.31. The number of likely N-dealkylation sites (tertiary alicyclic amines) is 2. The third-order valence-corrected chi connectivity index (χ3v) is 6.15. The zero-order valence-corrected chi connectivity index (χ0v) is 15.5. The lowest BCUT2D eigenvalue weighted by atomic mass is 9.93. The molecule has 0 unspecified atom stereocenters. The van der Waals surface area contributed by atoms with Gasteiger partial charge in [-0.05, 0) is 51.1 Å². The number of hydrogen-bond acceptors (Lipinski definition) is 6. The number of piperidine rings is 2. The van der Waals surface area contributed by atoms with Crippen LogP contribution in [0.1, 0.15) is 38.5 Å². The molecule has 3 aliphatic heterocycles. The monoisotopic (exact) mass is 358 g/mol. The molecule has 1 amide bonds. The molecule has 26 heavy (non-hydrogen) atoms. The van der Waals surface area contributed by atoms with Crippen LogP contribution < -0.4 is 10.6 Å². The van der Waals surface area contributed by atoms with Crippen LogP contribution in [0, 0.1) is 5.92 Å². The molecule has 1 aromatic heterocycles. The summed E-state index contributed by atoms with van der Waals surface area (Å²) in [5.74, 6) is 1.87. The molecule has 142 valence electrons. The predicted molar refractivity (Wildman–Crippen MR) is 102 cm³/mol. The van der Waals surface area contributed by atoms with E-state index in [-0.39, 0.29) is 5.92 Å². The summed E-state index contributed by atoms with van der Waals surface area (Å²) in [6.45, 7) is 5.91. The van der Waals surface area contributed by atoms with Gasteiger partial charge in [0, 0.05) is 45.0 Å². The average Bonchev–Trinajstić information content (AvgIpc) is 3.22. The lowest BCUT2D eigenvalue weighted by Gasteiger charge is -2.42. The van der Waals surface area contributed by atoms with E-state index in [1.807, 2.05) is 0 Å². The van der Waals surface area contributed by atoms with Gasteiger partial charge in [0.15, 0.2) is 0 Å². The van der Waals surface area contributed by atoms with Crippen molar-refractivity contribution in [3.63, 3.8) is 0 Å². The number of carbonyl (C=O) groups excluding carboxylic acids is 1. The lowest BCUT2D eigenvalue weighted by molar-refractivity contribution is -0.136. The molecule has 7 heteroatoms. The smallest absolute Gasteiger partial charge is 0.227 e. The second-order valence-electron chi connectivity index (χ2n) is 7.87. The Morgan fingerprint density at radius 3 is 2.54 bits per heavy atom. The Morgan fingerprint density at radius 1 is 1.04 bits per heavy atom. The number of amides is 1. The molecular formula is C19H30N6O. The summed E-state index contributed by atoms with van der Waals surface area (Å²) in [7, 11) is 0. The molecule has 0 aliphatic carbocycles. The molecule has 2 N–H and O–H groups in total. The van der Waals surface area contributed by atoms with E-state index in [0.29, 0.717) is 17.8 Å². The van der Waals surface area contributed by atoms with Gasteiger partial charge in [0.2, 0.25) is 11.9 Å². The fraction of sp³-hybridized carbons (Fsp3) is 0.737. The van der Waals surface area contributed by atoms with Crippen LogP contribution in [-0.4, -0.2) is 71.0 Å². The molecule has 0 saturated carbocycles. The van der Waals surface area contributed by atoms with Gasteiger partial charge >= 0.3 is 0 Å². The van der Waals surface area contributed by atoms with Crippen LogP contribution in [-0.2, 0) is 4.79 Å². The summed E-state index contributed by atoms with van der Waals surface area (Å²) in [6.07, 6.45) is 8.47. The molecular weight excluding hydrogens is 328 g/mol. The van der Waals surface area contributed by atoms with E-state index in [4.69, 9.17) is 5.73 Å². The van der Waals surface area contributed by atoms with Gasteiger partial charge in [-0.15, -0.1) is 0 Å². The number of rotatable bonds is 3. The summed E-state index contributed by atoms with van der Waals surface area (Å²) in [5, 5.41) is 0. The van der Waals surface area contributed by atoms with Crippen LogP contribution in [0.5, 0.6) is 0 Å². The molecule has 7 nitrogen and oxygen atoms in total. The number of nitrogen functional groups attached to an aromatic ring is 1. The molecule has 0 aromatic carbocycles. The highest BCUT2D eigenvalue weighted by Crippen LogP contribution is 2.27. The zero-order chi connectivity index (χ0) is 17.9. The van der Waals surface area contributed by atoms with E-state index < -0.39 is 0 Å². The highest BCUT2D eigenvalue weighted by atomic mass is 16.2. The van der Waals surface area contributed by atoms with Crippen LogP contribution in [0.25, 0.3) is 0 Å². The number of nitrogens with zero attached hydrogens (tertiary/aromatic N) is 5. The van der Waals surface area contributed by atoms with Crippen molar-refractivity contribution in [1.82, 2.24) is 19.8 Å². The normalized spacial score (nSPS) is 25.6.